The molecule has 0 aromatic rings. The van der Waals surface area contributed by atoms with Gasteiger partial charge in [-0.05, 0) is 92.8 Å². The molecule has 0 saturated heterocycles. The number of carbonyl (C=O) groups is 2. The summed E-state index contributed by atoms with van der Waals surface area (Å²) in [6.45, 7) is 4.21. The van der Waals surface area contributed by atoms with Gasteiger partial charge in [-0.15, -0.1) is 0 Å². The second-order valence-corrected chi connectivity index (χ2v) is 10.7. The van der Waals surface area contributed by atoms with E-state index in [1.807, 2.05) is 12.4 Å². The van der Waals surface area contributed by atoms with Crippen molar-refractivity contribution in [3.05, 3.63) is 0 Å². The first-order valence-electron chi connectivity index (χ1n) is 12.2. The van der Waals surface area contributed by atoms with Crippen LogP contribution in [0.25, 0.3) is 0 Å². The summed E-state index contributed by atoms with van der Waals surface area (Å²) in [6, 6.07) is 0. The van der Waals surface area contributed by atoms with Gasteiger partial charge in [0.25, 0.3) is 11.8 Å². The summed E-state index contributed by atoms with van der Waals surface area (Å²) in [5.41, 5.74) is 5.29. The Kier molecular flexibility index (Phi) is 6.89. The molecule has 0 radical (unpaired) electrons. The van der Waals surface area contributed by atoms with Gasteiger partial charge in [-0.1, -0.05) is 26.7 Å². The number of amides is 2. The van der Waals surface area contributed by atoms with Crippen LogP contribution >= 0.6 is 0 Å². The summed E-state index contributed by atoms with van der Waals surface area (Å²) in [6.07, 6.45) is 15.4. The normalized spacial score (nSPS) is 35.7. The van der Waals surface area contributed by atoms with E-state index in [2.05, 4.69) is 34.9 Å². The summed E-state index contributed by atoms with van der Waals surface area (Å²) in [4.78, 5) is 25.4. The summed E-state index contributed by atoms with van der Waals surface area (Å²) in [7, 11) is 0. The molecule has 4 saturated carbocycles. The predicted octanol–water partition coefficient (Wildman–Crippen LogP) is 4.12. The zero-order chi connectivity index (χ0) is 21.1. The molecule has 4 aliphatic carbocycles. The van der Waals surface area contributed by atoms with Gasteiger partial charge in [0.15, 0.2) is 0 Å². The number of rotatable bonds is 9. The van der Waals surface area contributed by atoms with Crippen LogP contribution < -0.4 is 10.9 Å². The van der Waals surface area contributed by atoms with E-state index in [4.69, 9.17) is 0 Å². The van der Waals surface area contributed by atoms with Crippen LogP contribution in [0.4, 0.5) is 0 Å². The fourth-order valence-corrected chi connectivity index (χ4v) is 6.38. The summed E-state index contributed by atoms with van der Waals surface area (Å²) in [5.74, 6) is 3.18. The number of hydrazone groups is 2. The van der Waals surface area contributed by atoms with Crippen molar-refractivity contribution in [2.24, 2.45) is 57.5 Å². The largest absolute Gasteiger partial charge is 0.272 e. The lowest BCUT2D eigenvalue weighted by Crippen LogP contribution is -2.38. The number of nitrogens with zero attached hydrogens (tertiary/aromatic N) is 2. The van der Waals surface area contributed by atoms with Crippen molar-refractivity contribution in [2.45, 2.75) is 78.1 Å². The molecule has 4 aliphatic rings. The maximum Gasteiger partial charge on any atom is 0.252 e. The maximum absolute atomic E-state index is 12.7. The Morgan fingerprint density at radius 3 is 1.67 bits per heavy atom. The highest BCUT2D eigenvalue weighted by Crippen LogP contribution is 2.48. The average molecular weight is 415 g/mol. The Morgan fingerprint density at radius 2 is 1.30 bits per heavy atom. The third-order valence-corrected chi connectivity index (χ3v) is 8.13. The molecule has 30 heavy (non-hydrogen) atoms. The summed E-state index contributed by atoms with van der Waals surface area (Å²) < 4.78 is 0. The summed E-state index contributed by atoms with van der Waals surface area (Å²) >= 11 is 0. The van der Waals surface area contributed by atoms with E-state index in [0.717, 1.165) is 30.1 Å². The minimum Gasteiger partial charge on any atom is -0.272 e. The minimum atomic E-state index is -0.748. The number of hydrogen-bond donors (Lipinski definition) is 2. The molecular weight excluding hydrogens is 376 g/mol. The number of carbonyl (C=O) groups excluding carboxylic acids is 2. The SMILES string of the molecule is CC(C)CCC(C(=O)N/N=C\C1CC2CCC1C2)C(=O)N/N=C\C1CC2CCC1C2. The minimum absolute atomic E-state index is 0.317. The molecule has 2 N–H and O–H groups in total. The second-order valence-electron chi connectivity index (χ2n) is 10.7. The van der Waals surface area contributed by atoms with Gasteiger partial charge in [0.2, 0.25) is 0 Å². The molecule has 4 rings (SSSR count). The van der Waals surface area contributed by atoms with Crippen molar-refractivity contribution >= 4 is 24.2 Å². The first-order valence-corrected chi connectivity index (χ1v) is 12.2. The molecule has 6 nitrogen and oxygen atoms in total. The van der Waals surface area contributed by atoms with Crippen molar-refractivity contribution in [3.63, 3.8) is 0 Å². The molecule has 4 bridgehead atoms. The lowest BCUT2D eigenvalue weighted by molar-refractivity contribution is -0.135. The van der Waals surface area contributed by atoms with Crippen LogP contribution in [0.1, 0.15) is 78.1 Å². The Labute approximate surface area is 180 Å². The molecule has 0 heterocycles. The number of fused-ring (bicyclic) bond motifs is 4. The molecule has 0 spiro atoms. The van der Waals surface area contributed by atoms with Gasteiger partial charge in [-0.25, -0.2) is 10.9 Å². The molecule has 6 heteroatoms. The van der Waals surface area contributed by atoms with Gasteiger partial charge in [0.05, 0.1) is 0 Å². The lowest BCUT2D eigenvalue weighted by atomic mass is 9.90. The second kappa shape index (κ2) is 9.61. The van der Waals surface area contributed by atoms with E-state index in [9.17, 15) is 9.59 Å². The fraction of sp³-hybridized carbons (Fsp3) is 0.833. The van der Waals surface area contributed by atoms with E-state index >= 15 is 0 Å². The highest BCUT2D eigenvalue weighted by molar-refractivity contribution is 6.00. The molecule has 166 valence electrons. The third-order valence-electron chi connectivity index (χ3n) is 8.13. The Bertz CT molecular complexity index is 637. The zero-order valence-electron chi connectivity index (χ0n) is 18.6. The topological polar surface area (TPSA) is 82.9 Å². The standard InChI is InChI=1S/C24H38N4O2/c1-15(2)3-8-22(23(29)27-25-13-20-11-16-4-6-18(20)9-16)24(30)28-26-14-21-12-17-5-7-19(21)10-17/h13-22H,3-12H2,1-2H3,(H,27,29)(H,28,30)/b25-13-,26-14-. The van der Waals surface area contributed by atoms with E-state index in [1.54, 1.807) is 0 Å². The smallest absolute Gasteiger partial charge is 0.252 e. The number of hydrogen-bond acceptors (Lipinski definition) is 4. The van der Waals surface area contributed by atoms with Crippen molar-refractivity contribution in [3.8, 4) is 0 Å². The molecule has 0 aromatic carbocycles. The van der Waals surface area contributed by atoms with Gasteiger partial charge in [0, 0.05) is 12.4 Å². The first-order chi connectivity index (χ1) is 14.5. The van der Waals surface area contributed by atoms with Gasteiger partial charge in [0.1, 0.15) is 5.92 Å². The monoisotopic (exact) mass is 414 g/mol. The first kappa shape index (κ1) is 21.5. The van der Waals surface area contributed by atoms with Crippen molar-refractivity contribution in [1.29, 1.82) is 0 Å². The van der Waals surface area contributed by atoms with Crippen molar-refractivity contribution in [2.75, 3.05) is 0 Å². The van der Waals surface area contributed by atoms with Crippen LogP contribution in [0.5, 0.6) is 0 Å². The number of nitrogens with one attached hydrogen (secondary N) is 2. The van der Waals surface area contributed by atoms with Crippen LogP contribution in [0.3, 0.4) is 0 Å². The van der Waals surface area contributed by atoms with Crippen LogP contribution in [0.15, 0.2) is 10.2 Å². The van der Waals surface area contributed by atoms with E-state index in [1.165, 1.54) is 51.4 Å². The van der Waals surface area contributed by atoms with E-state index in [-0.39, 0.29) is 11.8 Å². The van der Waals surface area contributed by atoms with E-state index < -0.39 is 5.92 Å². The van der Waals surface area contributed by atoms with Gasteiger partial charge >= 0.3 is 0 Å². The van der Waals surface area contributed by atoms with Crippen LogP contribution in [-0.4, -0.2) is 24.2 Å². The fourth-order valence-electron chi connectivity index (χ4n) is 6.38. The Hall–Kier alpha value is -1.72. The van der Waals surface area contributed by atoms with Crippen molar-refractivity contribution < 1.29 is 9.59 Å². The molecular formula is C24H38N4O2. The van der Waals surface area contributed by atoms with E-state index in [0.29, 0.717) is 24.2 Å². The third kappa shape index (κ3) is 5.12. The predicted molar refractivity (Wildman–Crippen MR) is 119 cm³/mol. The molecule has 0 aromatic heterocycles. The lowest BCUT2D eigenvalue weighted by Gasteiger charge is -2.18. The van der Waals surface area contributed by atoms with Crippen LogP contribution in [-0.2, 0) is 9.59 Å². The van der Waals surface area contributed by atoms with Crippen LogP contribution in [0.2, 0.25) is 0 Å². The van der Waals surface area contributed by atoms with Crippen LogP contribution in [0, 0.1) is 47.3 Å². The van der Waals surface area contributed by atoms with Gasteiger partial charge in [-0.3, -0.25) is 9.59 Å². The van der Waals surface area contributed by atoms with Gasteiger partial charge < -0.3 is 0 Å². The van der Waals surface area contributed by atoms with Gasteiger partial charge in [-0.2, -0.15) is 10.2 Å². The highest BCUT2D eigenvalue weighted by atomic mass is 16.2. The van der Waals surface area contributed by atoms with Crippen molar-refractivity contribution in [1.82, 2.24) is 10.9 Å². The molecule has 6 atom stereocenters. The zero-order valence-corrected chi connectivity index (χ0v) is 18.6. The average Bonchev–Trinajstić information content (AvgIpc) is 3.49. The molecule has 0 aliphatic heterocycles. The quantitative estimate of drug-likeness (QED) is 0.338. The Balaban J connectivity index is 1.28. The Morgan fingerprint density at radius 1 is 0.800 bits per heavy atom. The molecule has 6 unspecified atom stereocenters. The molecule has 4 fully saturated rings. The summed E-state index contributed by atoms with van der Waals surface area (Å²) in [5, 5.41) is 8.46. The highest BCUT2D eigenvalue weighted by Gasteiger charge is 2.39. The molecule has 2 amide bonds. The maximum atomic E-state index is 12.7.